The number of aliphatic hydroxyl groups excluding tert-OH is 1. The molecule has 0 atom stereocenters. The Labute approximate surface area is 135 Å². The molecule has 5 nitrogen and oxygen atoms in total. The SMILES string of the molecule is COc1ccc(Cl)cc1C(=O)CCC(=O)NCCCCCO. The minimum atomic E-state index is -0.171. The number of hydrogen-bond donors (Lipinski definition) is 2. The number of ketones is 1. The first-order valence-corrected chi connectivity index (χ1v) is 7.70. The molecule has 0 aliphatic rings. The molecule has 0 aromatic heterocycles. The van der Waals surface area contributed by atoms with E-state index in [-0.39, 0.29) is 31.1 Å². The van der Waals surface area contributed by atoms with Crippen LogP contribution in [0, 0.1) is 0 Å². The van der Waals surface area contributed by atoms with Gasteiger partial charge in [-0.2, -0.15) is 0 Å². The second-order valence-corrected chi connectivity index (χ2v) is 5.34. The van der Waals surface area contributed by atoms with Crippen LogP contribution in [0.25, 0.3) is 0 Å². The summed E-state index contributed by atoms with van der Waals surface area (Å²) in [5, 5.41) is 11.9. The largest absolute Gasteiger partial charge is 0.496 e. The van der Waals surface area contributed by atoms with Crippen LogP contribution in [0.5, 0.6) is 5.75 Å². The summed E-state index contributed by atoms with van der Waals surface area (Å²) in [6.45, 7) is 0.734. The Morgan fingerprint density at radius 1 is 1.23 bits per heavy atom. The van der Waals surface area contributed by atoms with E-state index < -0.39 is 0 Å². The first kappa shape index (κ1) is 18.5. The summed E-state index contributed by atoms with van der Waals surface area (Å²) in [6, 6.07) is 4.84. The predicted octanol–water partition coefficient (Wildman–Crippen LogP) is 2.59. The number of carbonyl (C=O) groups excluding carboxylic acids is 2. The van der Waals surface area contributed by atoms with Crippen LogP contribution in [0.15, 0.2) is 18.2 Å². The fourth-order valence-corrected chi connectivity index (χ4v) is 2.16. The van der Waals surface area contributed by atoms with Crippen molar-refractivity contribution >= 4 is 23.3 Å². The third-order valence-electron chi connectivity index (χ3n) is 3.20. The maximum Gasteiger partial charge on any atom is 0.220 e. The second-order valence-electron chi connectivity index (χ2n) is 4.90. The van der Waals surface area contributed by atoms with Gasteiger partial charge in [-0.05, 0) is 37.5 Å². The summed E-state index contributed by atoms with van der Waals surface area (Å²) >= 11 is 5.89. The molecule has 0 saturated carbocycles. The van der Waals surface area contributed by atoms with E-state index in [1.165, 1.54) is 7.11 Å². The van der Waals surface area contributed by atoms with E-state index in [0.717, 1.165) is 19.3 Å². The molecule has 1 rings (SSSR count). The molecule has 1 aromatic carbocycles. The average molecular weight is 328 g/mol. The molecule has 0 bridgehead atoms. The highest BCUT2D eigenvalue weighted by Crippen LogP contribution is 2.24. The molecule has 0 fully saturated rings. The Morgan fingerprint density at radius 3 is 2.68 bits per heavy atom. The summed E-state index contributed by atoms with van der Waals surface area (Å²) in [5.74, 6) is 0.131. The van der Waals surface area contributed by atoms with Crippen molar-refractivity contribution in [2.75, 3.05) is 20.3 Å². The molecule has 0 saturated heterocycles. The monoisotopic (exact) mass is 327 g/mol. The van der Waals surface area contributed by atoms with Crippen LogP contribution >= 0.6 is 11.6 Å². The molecule has 6 heteroatoms. The minimum absolute atomic E-state index is 0.110. The highest BCUT2D eigenvalue weighted by Gasteiger charge is 2.14. The van der Waals surface area contributed by atoms with Gasteiger partial charge in [0, 0.05) is 31.0 Å². The molecule has 0 aliphatic carbocycles. The van der Waals surface area contributed by atoms with Crippen molar-refractivity contribution < 1.29 is 19.4 Å². The highest BCUT2D eigenvalue weighted by atomic mass is 35.5. The molecular weight excluding hydrogens is 306 g/mol. The van der Waals surface area contributed by atoms with Gasteiger partial charge in [0.25, 0.3) is 0 Å². The number of carbonyl (C=O) groups is 2. The van der Waals surface area contributed by atoms with E-state index >= 15 is 0 Å². The predicted molar refractivity (Wildman–Crippen MR) is 85.5 cm³/mol. The third-order valence-corrected chi connectivity index (χ3v) is 3.43. The number of hydrogen-bond acceptors (Lipinski definition) is 4. The number of ether oxygens (including phenoxy) is 1. The maximum atomic E-state index is 12.1. The molecule has 0 unspecified atom stereocenters. The number of aliphatic hydroxyl groups is 1. The molecule has 0 heterocycles. The molecule has 1 amide bonds. The third kappa shape index (κ3) is 6.45. The Bertz CT molecular complexity index is 505. The normalized spacial score (nSPS) is 10.3. The van der Waals surface area contributed by atoms with Crippen molar-refractivity contribution in [2.24, 2.45) is 0 Å². The number of Topliss-reactive ketones (excluding diaryl/α,β-unsaturated/α-hetero) is 1. The number of methoxy groups -OCH3 is 1. The molecule has 0 aliphatic heterocycles. The molecule has 2 N–H and O–H groups in total. The van der Waals surface area contributed by atoms with Crippen LogP contribution in [0.3, 0.4) is 0 Å². The van der Waals surface area contributed by atoms with Crippen LogP contribution in [-0.2, 0) is 4.79 Å². The summed E-state index contributed by atoms with van der Waals surface area (Å²) in [4.78, 5) is 23.8. The van der Waals surface area contributed by atoms with Gasteiger partial charge in [0.15, 0.2) is 5.78 Å². The van der Waals surface area contributed by atoms with Gasteiger partial charge in [-0.25, -0.2) is 0 Å². The van der Waals surface area contributed by atoms with E-state index in [0.29, 0.717) is 22.9 Å². The number of unbranched alkanes of at least 4 members (excludes halogenated alkanes) is 2. The van der Waals surface area contributed by atoms with Crippen molar-refractivity contribution in [1.82, 2.24) is 5.32 Å². The van der Waals surface area contributed by atoms with E-state index in [4.69, 9.17) is 21.4 Å². The number of halogens is 1. The lowest BCUT2D eigenvalue weighted by atomic mass is 10.1. The molecule has 0 radical (unpaired) electrons. The lowest BCUT2D eigenvalue weighted by Gasteiger charge is -2.08. The van der Waals surface area contributed by atoms with Crippen LogP contribution in [0.4, 0.5) is 0 Å². The topological polar surface area (TPSA) is 75.6 Å². The zero-order valence-corrected chi connectivity index (χ0v) is 13.5. The fraction of sp³-hybridized carbons (Fsp3) is 0.500. The zero-order valence-electron chi connectivity index (χ0n) is 12.7. The van der Waals surface area contributed by atoms with Crippen LogP contribution in [-0.4, -0.2) is 37.1 Å². The van der Waals surface area contributed by atoms with Gasteiger partial charge < -0.3 is 15.2 Å². The minimum Gasteiger partial charge on any atom is -0.496 e. The van der Waals surface area contributed by atoms with E-state index in [9.17, 15) is 9.59 Å². The van der Waals surface area contributed by atoms with Crippen LogP contribution < -0.4 is 10.1 Å². The number of benzene rings is 1. The zero-order chi connectivity index (χ0) is 16.4. The van der Waals surface area contributed by atoms with Crippen LogP contribution in [0.2, 0.25) is 5.02 Å². The Kier molecular flexibility index (Phi) is 8.55. The standard InChI is InChI=1S/C16H22ClNO4/c1-22-15-7-5-12(17)11-13(15)14(20)6-8-16(21)18-9-3-2-4-10-19/h5,7,11,19H,2-4,6,8-10H2,1H3,(H,18,21). The Hall–Kier alpha value is -1.59. The van der Waals surface area contributed by atoms with Gasteiger partial charge in [0.2, 0.25) is 5.91 Å². The lowest BCUT2D eigenvalue weighted by Crippen LogP contribution is -2.24. The number of rotatable bonds is 10. The molecule has 0 spiro atoms. The van der Waals surface area contributed by atoms with Gasteiger partial charge in [0.05, 0.1) is 12.7 Å². The lowest BCUT2D eigenvalue weighted by molar-refractivity contribution is -0.121. The van der Waals surface area contributed by atoms with E-state index in [1.807, 2.05) is 0 Å². The maximum absolute atomic E-state index is 12.1. The van der Waals surface area contributed by atoms with Crippen molar-refractivity contribution in [3.05, 3.63) is 28.8 Å². The Morgan fingerprint density at radius 2 is 2.00 bits per heavy atom. The van der Waals surface area contributed by atoms with Crippen molar-refractivity contribution in [2.45, 2.75) is 32.1 Å². The summed E-state index contributed by atoms with van der Waals surface area (Å²) < 4.78 is 5.13. The van der Waals surface area contributed by atoms with Crippen molar-refractivity contribution in [1.29, 1.82) is 0 Å². The van der Waals surface area contributed by atoms with Crippen molar-refractivity contribution in [3.63, 3.8) is 0 Å². The quantitative estimate of drug-likeness (QED) is 0.511. The number of nitrogens with one attached hydrogen (secondary N) is 1. The molecule has 122 valence electrons. The average Bonchev–Trinajstić information content (AvgIpc) is 2.52. The van der Waals surface area contributed by atoms with E-state index in [2.05, 4.69) is 5.32 Å². The Balaban J connectivity index is 2.39. The summed E-state index contributed by atoms with van der Waals surface area (Å²) in [5.41, 5.74) is 0.394. The summed E-state index contributed by atoms with van der Waals surface area (Å²) in [7, 11) is 1.49. The van der Waals surface area contributed by atoms with Gasteiger partial charge >= 0.3 is 0 Å². The fourth-order valence-electron chi connectivity index (χ4n) is 1.99. The first-order chi connectivity index (χ1) is 10.6. The highest BCUT2D eigenvalue weighted by molar-refractivity contribution is 6.31. The van der Waals surface area contributed by atoms with Gasteiger partial charge in [-0.3, -0.25) is 9.59 Å². The van der Waals surface area contributed by atoms with Crippen LogP contribution in [0.1, 0.15) is 42.5 Å². The number of amides is 1. The molecule has 1 aromatic rings. The first-order valence-electron chi connectivity index (χ1n) is 7.32. The van der Waals surface area contributed by atoms with Gasteiger partial charge in [-0.15, -0.1) is 0 Å². The second kappa shape index (κ2) is 10.2. The summed E-state index contributed by atoms with van der Waals surface area (Å²) in [6.07, 6.45) is 2.67. The van der Waals surface area contributed by atoms with Gasteiger partial charge in [-0.1, -0.05) is 11.6 Å². The van der Waals surface area contributed by atoms with Gasteiger partial charge in [0.1, 0.15) is 5.75 Å². The smallest absolute Gasteiger partial charge is 0.220 e. The van der Waals surface area contributed by atoms with E-state index in [1.54, 1.807) is 18.2 Å². The molecular formula is C16H22ClNO4. The molecule has 22 heavy (non-hydrogen) atoms. The van der Waals surface area contributed by atoms with Crippen molar-refractivity contribution in [3.8, 4) is 5.75 Å².